The van der Waals surface area contributed by atoms with Gasteiger partial charge in [-0.1, -0.05) is 12.1 Å². The molecule has 0 amide bonds. The van der Waals surface area contributed by atoms with Gasteiger partial charge in [-0.05, 0) is 48.6 Å². The molecule has 2 aromatic carbocycles. The number of aromatic amines is 1. The second kappa shape index (κ2) is 6.44. The van der Waals surface area contributed by atoms with Crippen molar-refractivity contribution in [2.24, 2.45) is 5.92 Å². The lowest BCUT2D eigenvalue weighted by atomic mass is 10.1. The molecule has 1 N–H and O–H groups in total. The number of aromatic nitrogens is 2. The summed E-state index contributed by atoms with van der Waals surface area (Å²) in [6, 6.07) is 11.9. The largest absolute Gasteiger partial charge is 0.423 e. The molecule has 7 heteroatoms. The summed E-state index contributed by atoms with van der Waals surface area (Å²) >= 11 is 0. The van der Waals surface area contributed by atoms with E-state index >= 15 is 0 Å². The lowest BCUT2D eigenvalue weighted by Gasteiger charge is -2.21. The highest BCUT2D eigenvalue weighted by molar-refractivity contribution is 5.83. The van der Waals surface area contributed by atoms with Gasteiger partial charge >= 0.3 is 0 Å². The maximum absolute atomic E-state index is 14.2. The second-order valence-corrected chi connectivity index (χ2v) is 7.23. The van der Waals surface area contributed by atoms with E-state index in [1.165, 1.54) is 12.1 Å². The number of para-hydroxylation sites is 2. The molecule has 1 aliphatic rings. The average molecular weight is 381 g/mol. The second-order valence-electron chi connectivity index (χ2n) is 7.23. The fraction of sp³-hybridized carbons (Fsp3) is 0.238. The number of halogens is 2. The van der Waals surface area contributed by atoms with Gasteiger partial charge in [-0.2, -0.15) is 4.98 Å². The number of nitrogens with one attached hydrogen (secondary N) is 1. The van der Waals surface area contributed by atoms with Crippen LogP contribution in [0, 0.1) is 17.6 Å². The number of fused-ring (bicyclic) bond motifs is 2. The van der Waals surface area contributed by atoms with Gasteiger partial charge in [0.2, 0.25) is 5.56 Å². The van der Waals surface area contributed by atoms with Crippen LogP contribution in [0.4, 0.5) is 14.8 Å². The van der Waals surface area contributed by atoms with E-state index in [4.69, 9.17) is 4.42 Å². The number of H-pyrrole nitrogens is 1. The number of nitrogens with zero attached hydrogens (tertiary/aromatic N) is 2. The fourth-order valence-corrected chi connectivity index (χ4v) is 3.49. The summed E-state index contributed by atoms with van der Waals surface area (Å²) in [6.45, 7) is 1.04. The Kier molecular flexibility index (Phi) is 3.89. The van der Waals surface area contributed by atoms with Crippen LogP contribution in [0.3, 0.4) is 0 Å². The summed E-state index contributed by atoms with van der Waals surface area (Å²) in [6.07, 6.45) is 2.26. The van der Waals surface area contributed by atoms with Gasteiger partial charge in [0.05, 0.1) is 5.52 Å². The molecule has 0 atom stereocenters. The Bertz CT molecular complexity index is 1210. The topological polar surface area (TPSA) is 62.1 Å². The SMILES string of the molecule is O=c1cc(CN(CC2CC2)c2nc3ccccc3o2)c2ccc(F)c(F)c2[nH]1. The van der Waals surface area contributed by atoms with Crippen LogP contribution in [0.1, 0.15) is 18.4 Å². The molecule has 0 saturated heterocycles. The maximum atomic E-state index is 14.2. The molecule has 0 bridgehead atoms. The number of rotatable bonds is 5. The molecular formula is C21H17F2N3O2. The van der Waals surface area contributed by atoms with Gasteiger partial charge in [0.15, 0.2) is 17.2 Å². The summed E-state index contributed by atoms with van der Waals surface area (Å²) in [5, 5.41) is 0.468. The lowest BCUT2D eigenvalue weighted by Crippen LogP contribution is -2.26. The molecule has 4 aromatic rings. The number of hydrogen-bond donors (Lipinski definition) is 1. The lowest BCUT2D eigenvalue weighted by molar-refractivity contribution is 0.515. The van der Waals surface area contributed by atoms with Crippen molar-refractivity contribution >= 4 is 28.0 Å². The highest BCUT2D eigenvalue weighted by atomic mass is 19.2. The van der Waals surface area contributed by atoms with Gasteiger partial charge in [0.1, 0.15) is 5.52 Å². The Hall–Kier alpha value is -3.22. The molecule has 5 rings (SSSR count). The Morgan fingerprint density at radius 2 is 2.00 bits per heavy atom. The van der Waals surface area contributed by atoms with Crippen LogP contribution in [0.25, 0.3) is 22.0 Å². The van der Waals surface area contributed by atoms with Crippen LogP contribution in [-0.2, 0) is 6.54 Å². The van der Waals surface area contributed by atoms with Gasteiger partial charge in [0, 0.05) is 24.5 Å². The minimum atomic E-state index is -1.05. The molecule has 5 nitrogen and oxygen atoms in total. The molecule has 0 aliphatic heterocycles. The minimum Gasteiger partial charge on any atom is -0.423 e. The summed E-state index contributed by atoms with van der Waals surface area (Å²) in [5.41, 5.74) is 1.44. The zero-order valence-electron chi connectivity index (χ0n) is 14.9. The molecule has 1 aliphatic carbocycles. The predicted molar refractivity (Wildman–Crippen MR) is 102 cm³/mol. The van der Waals surface area contributed by atoms with E-state index in [1.807, 2.05) is 29.2 Å². The Labute approximate surface area is 158 Å². The zero-order chi connectivity index (χ0) is 19.3. The molecule has 28 heavy (non-hydrogen) atoms. The Morgan fingerprint density at radius 1 is 1.18 bits per heavy atom. The van der Waals surface area contributed by atoms with E-state index in [9.17, 15) is 13.6 Å². The van der Waals surface area contributed by atoms with Crippen LogP contribution in [0.2, 0.25) is 0 Å². The van der Waals surface area contributed by atoms with Gasteiger partial charge in [-0.3, -0.25) is 4.79 Å². The third-order valence-electron chi connectivity index (χ3n) is 5.08. The number of hydrogen-bond acceptors (Lipinski definition) is 4. The molecule has 1 fully saturated rings. The first-order valence-electron chi connectivity index (χ1n) is 9.19. The van der Waals surface area contributed by atoms with Crippen LogP contribution < -0.4 is 10.5 Å². The van der Waals surface area contributed by atoms with Crippen molar-refractivity contribution in [3.05, 3.63) is 70.0 Å². The van der Waals surface area contributed by atoms with Crippen molar-refractivity contribution in [1.29, 1.82) is 0 Å². The summed E-state index contributed by atoms with van der Waals surface area (Å²) < 4.78 is 33.7. The Balaban J connectivity index is 1.59. The summed E-state index contributed by atoms with van der Waals surface area (Å²) in [5.74, 6) is -1.50. The van der Waals surface area contributed by atoms with Gasteiger partial charge in [0.25, 0.3) is 6.01 Å². The normalized spacial score (nSPS) is 14.1. The highest BCUT2D eigenvalue weighted by Gasteiger charge is 2.27. The third kappa shape index (κ3) is 3.02. The van der Waals surface area contributed by atoms with Crippen molar-refractivity contribution in [3.63, 3.8) is 0 Å². The number of pyridine rings is 1. The molecule has 1 saturated carbocycles. The van der Waals surface area contributed by atoms with Gasteiger partial charge < -0.3 is 14.3 Å². The quantitative estimate of drug-likeness (QED) is 0.558. The first-order valence-corrected chi connectivity index (χ1v) is 9.19. The van der Waals surface area contributed by atoms with Crippen molar-refractivity contribution in [1.82, 2.24) is 9.97 Å². The molecule has 142 valence electrons. The van der Waals surface area contributed by atoms with E-state index < -0.39 is 17.2 Å². The van der Waals surface area contributed by atoms with E-state index in [2.05, 4.69) is 9.97 Å². The third-order valence-corrected chi connectivity index (χ3v) is 5.08. The first-order chi connectivity index (χ1) is 13.6. The number of oxazole rings is 1. The van der Waals surface area contributed by atoms with E-state index in [0.29, 0.717) is 35.0 Å². The van der Waals surface area contributed by atoms with Gasteiger partial charge in [-0.25, -0.2) is 8.78 Å². The van der Waals surface area contributed by atoms with E-state index in [-0.39, 0.29) is 5.52 Å². The van der Waals surface area contributed by atoms with Crippen molar-refractivity contribution in [2.75, 3.05) is 11.4 Å². The van der Waals surface area contributed by atoms with Crippen LogP contribution in [0.5, 0.6) is 0 Å². The number of benzene rings is 2. The first kappa shape index (κ1) is 16.9. The van der Waals surface area contributed by atoms with Crippen molar-refractivity contribution in [3.8, 4) is 0 Å². The summed E-state index contributed by atoms with van der Waals surface area (Å²) in [4.78, 5) is 21.0. The summed E-state index contributed by atoms with van der Waals surface area (Å²) in [7, 11) is 0. The Morgan fingerprint density at radius 3 is 2.79 bits per heavy atom. The fourth-order valence-electron chi connectivity index (χ4n) is 3.49. The monoisotopic (exact) mass is 381 g/mol. The van der Waals surface area contributed by atoms with Crippen molar-refractivity contribution in [2.45, 2.75) is 19.4 Å². The minimum absolute atomic E-state index is 0.119. The molecule has 0 radical (unpaired) electrons. The van der Waals surface area contributed by atoms with E-state index in [0.717, 1.165) is 31.0 Å². The zero-order valence-corrected chi connectivity index (χ0v) is 14.9. The molecule has 2 aromatic heterocycles. The average Bonchev–Trinajstić information content (AvgIpc) is 3.39. The predicted octanol–water partition coefficient (Wildman–Crippen LogP) is 4.36. The van der Waals surface area contributed by atoms with Gasteiger partial charge in [-0.15, -0.1) is 0 Å². The number of anilines is 1. The molecule has 0 unspecified atom stereocenters. The van der Waals surface area contributed by atoms with Crippen molar-refractivity contribution < 1.29 is 13.2 Å². The molecule has 2 heterocycles. The highest BCUT2D eigenvalue weighted by Crippen LogP contribution is 2.33. The van der Waals surface area contributed by atoms with Crippen LogP contribution >= 0.6 is 0 Å². The molecule has 0 spiro atoms. The maximum Gasteiger partial charge on any atom is 0.298 e. The van der Waals surface area contributed by atoms with E-state index in [1.54, 1.807) is 0 Å². The smallest absolute Gasteiger partial charge is 0.298 e. The standard InChI is InChI=1S/C21H17F2N3O2/c22-15-8-7-14-13(9-18(27)25-20(14)19(15)23)11-26(10-12-5-6-12)21-24-16-3-1-2-4-17(16)28-21/h1-4,7-9,12H,5-6,10-11H2,(H,25,27). The van der Waals surface area contributed by atoms with Crippen LogP contribution in [0.15, 0.2) is 51.7 Å². The van der Waals surface area contributed by atoms with Crippen LogP contribution in [-0.4, -0.2) is 16.5 Å². The molecular weight excluding hydrogens is 364 g/mol.